The summed E-state index contributed by atoms with van der Waals surface area (Å²) in [7, 11) is 1.63. The van der Waals surface area contributed by atoms with Crippen LogP contribution in [0.1, 0.15) is 22.3 Å². The molecule has 0 amide bonds. The Morgan fingerprint density at radius 2 is 1.76 bits per heavy atom. The van der Waals surface area contributed by atoms with Crippen molar-refractivity contribution >= 4 is 21.7 Å². The molecule has 3 heteroatoms. The van der Waals surface area contributed by atoms with Crippen molar-refractivity contribution in [1.82, 2.24) is 0 Å². The average Bonchev–Trinajstić information content (AvgIpc) is 2.43. The maximum Gasteiger partial charge on any atom is 0.141 e. The Morgan fingerprint density at radius 1 is 1.05 bits per heavy atom. The molecule has 0 saturated carbocycles. The molecule has 0 spiro atoms. The molecule has 21 heavy (non-hydrogen) atoms. The third-order valence-electron chi connectivity index (χ3n) is 3.52. The van der Waals surface area contributed by atoms with E-state index in [2.05, 4.69) is 34.1 Å². The van der Waals surface area contributed by atoms with E-state index in [0.29, 0.717) is 12.8 Å². The zero-order valence-electron chi connectivity index (χ0n) is 12.6. The second-order valence-corrected chi connectivity index (χ2v) is 6.19. The van der Waals surface area contributed by atoms with Crippen LogP contribution in [0.5, 0.6) is 5.75 Å². The highest BCUT2D eigenvalue weighted by Crippen LogP contribution is 2.24. The van der Waals surface area contributed by atoms with Gasteiger partial charge in [-0.1, -0.05) is 39.7 Å². The number of hydrogen-bond donors (Lipinski definition) is 0. The van der Waals surface area contributed by atoms with Gasteiger partial charge in [-0.05, 0) is 43.2 Å². The molecule has 0 N–H and O–H groups in total. The van der Waals surface area contributed by atoms with Crippen LogP contribution in [0.3, 0.4) is 0 Å². The number of carbonyl (C=O) groups is 1. The summed E-state index contributed by atoms with van der Waals surface area (Å²) in [6, 6.07) is 12.0. The van der Waals surface area contributed by atoms with E-state index in [1.807, 2.05) is 32.0 Å². The minimum absolute atomic E-state index is 0.195. The predicted octanol–water partition coefficient (Wildman–Crippen LogP) is 4.43. The first kappa shape index (κ1) is 15.8. The molecule has 0 radical (unpaired) electrons. The van der Waals surface area contributed by atoms with Crippen molar-refractivity contribution in [2.45, 2.75) is 26.7 Å². The Hall–Kier alpha value is -1.61. The number of methoxy groups -OCH3 is 1. The van der Waals surface area contributed by atoms with Gasteiger partial charge in [0.05, 0.1) is 7.11 Å². The quantitative estimate of drug-likeness (QED) is 0.800. The second-order valence-electron chi connectivity index (χ2n) is 5.28. The van der Waals surface area contributed by atoms with Gasteiger partial charge < -0.3 is 4.74 Å². The summed E-state index contributed by atoms with van der Waals surface area (Å²) in [6.45, 7) is 4.09. The molecule has 110 valence electrons. The third kappa shape index (κ3) is 4.18. The Bertz CT molecular complexity index is 662. The normalized spacial score (nSPS) is 10.5. The summed E-state index contributed by atoms with van der Waals surface area (Å²) in [4.78, 5) is 12.4. The minimum Gasteiger partial charge on any atom is -0.496 e. The fourth-order valence-electron chi connectivity index (χ4n) is 2.36. The van der Waals surface area contributed by atoms with Gasteiger partial charge in [0.25, 0.3) is 0 Å². The van der Waals surface area contributed by atoms with Crippen LogP contribution in [0.15, 0.2) is 40.9 Å². The van der Waals surface area contributed by atoms with Crippen molar-refractivity contribution in [1.29, 1.82) is 0 Å². The number of Topliss-reactive ketones (excluding diaryl/α,β-unsaturated/α-hetero) is 1. The lowest BCUT2D eigenvalue weighted by Crippen LogP contribution is -2.09. The lowest BCUT2D eigenvalue weighted by atomic mass is 9.97. The highest BCUT2D eigenvalue weighted by atomic mass is 79.9. The number of hydrogen-bond acceptors (Lipinski definition) is 2. The van der Waals surface area contributed by atoms with Gasteiger partial charge in [-0.15, -0.1) is 0 Å². The molecule has 0 bridgehead atoms. The molecular weight excluding hydrogens is 328 g/mol. The van der Waals surface area contributed by atoms with Crippen LogP contribution in [0.25, 0.3) is 0 Å². The van der Waals surface area contributed by atoms with Crippen molar-refractivity contribution in [2.24, 2.45) is 0 Å². The Labute approximate surface area is 134 Å². The number of rotatable bonds is 5. The summed E-state index contributed by atoms with van der Waals surface area (Å²) >= 11 is 3.44. The Kier molecular flexibility index (Phi) is 5.18. The second kappa shape index (κ2) is 6.90. The molecule has 0 unspecified atom stereocenters. The van der Waals surface area contributed by atoms with E-state index in [4.69, 9.17) is 4.74 Å². The molecular formula is C18H19BrO2. The Balaban J connectivity index is 2.15. The fraction of sp³-hybridized carbons (Fsp3) is 0.278. The van der Waals surface area contributed by atoms with Crippen LogP contribution in [-0.2, 0) is 17.6 Å². The molecule has 0 aliphatic heterocycles. The monoisotopic (exact) mass is 346 g/mol. The van der Waals surface area contributed by atoms with Crippen LogP contribution in [0.2, 0.25) is 0 Å². The van der Waals surface area contributed by atoms with Crippen molar-refractivity contribution in [2.75, 3.05) is 7.11 Å². The van der Waals surface area contributed by atoms with E-state index < -0.39 is 0 Å². The fourth-order valence-corrected chi connectivity index (χ4v) is 2.77. The molecule has 0 aromatic heterocycles. The molecule has 0 aliphatic rings. The van der Waals surface area contributed by atoms with E-state index >= 15 is 0 Å². The highest BCUT2D eigenvalue weighted by molar-refractivity contribution is 9.10. The number of ether oxygens (including phenoxy) is 1. The lowest BCUT2D eigenvalue weighted by molar-refractivity contribution is -0.117. The summed E-state index contributed by atoms with van der Waals surface area (Å²) in [6.07, 6.45) is 0.846. The first-order valence-electron chi connectivity index (χ1n) is 6.90. The topological polar surface area (TPSA) is 26.3 Å². The van der Waals surface area contributed by atoms with Crippen molar-refractivity contribution in [3.05, 3.63) is 63.1 Å². The van der Waals surface area contributed by atoms with Gasteiger partial charge in [-0.25, -0.2) is 0 Å². The Morgan fingerprint density at radius 3 is 2.48 bits per heavy atom. The molecule has 2 nitrogen and oxygen atoms in total. The number of benzene rings is 2. The van der Waals surface area contributed by atoms with Crippen LogP contribution < -0.4 is 4.74 Å². The van der Waals surface area contributed by atoms with E-state index in [9.17, 15) is 4.79 Å². The van der Waals surface area contributed by atoms with E-state index in [0.717, 1.165) is 26.9 Å². The van der Waals surface area contributed by atoms with Gasteiger partial charge in [0.2, 0.25) is 0 Å². The summed E-state index contributed by atoms with van der Waals surface area (Å²) < 4.78 is 6.28. The van der Waals surface area contributed by atoms with Crippen molar-refractivity contribution in [3.8, 4) is 5.75 Å². The summed E-state index contributed by atoms with van der Waals surface area (Å²) in [5.41, 5.74) is 4.37. The molecule has 0 heterocycles. The zero-order valence-corrected chi connectivity index (χ0v) is 14.2. The standard InChI is InChI=1S/C18H19BrO2/c1-12-4-5-13(2)14(8-12)10-17(20)11-15-9-16(19)6-7-18(15)21-3/h4-9H,10-11H2,1-3H3. The third-order valence-corrected chi connectivity index (χ3v) is 4.02. The van der Waals surface area contributed by atoms with Gasteiger partial charge in [-0.3, -0.25) is 4.79 Å². The maximum absolute atomic E-state index is 12.4. The van der Waals surface area contributed by atoms with E-state index in [1.54, 1.807) is 7.11 Å². The molecule has 2 rings (SSSR count). The number of carbonyl (C=O) groups excluding carboxylic acids is 1. The molecule has 0 saturated heterocycles. The molecule has 0 fully saturated rings. The van der Waals surface area contributed by atoms with E-state index in [1.165, 1.54) is 5.56 Å². The molecule has 0 aliphatic carbocycles. The molecule has 0 atom stereocenters. The predicted molar refractivity (Wildman–Crippen MR) is 89.0 cm³/mol. The number of halogens is 1. The van der Waals surface area contributed by atoms with Gasteiger partial charge in [0.15, 0.2) is 0 Å². The zero-order chi connectivity index (χ0) is 15.4. The largest absolute Gasteiger partial charge is 0.496 e. The SMILES string of the molecule is COc1ccc(Br)cc1CC(=O)Cc1cc(C)ccc1C. The van der Waals surface area contributed by atoms with Crippen molar-refractivity contribution < 1.29 is 9.53 Å². The minimum atomic E-state index is 0.195. The highest BCUT2D eigenvalue weighted by Gasteiger charge is 2.11. The summed E-state index contributed by atoms with van der Waals surface area (Å²) in [5.74, 6) is 0.951. The number of ketones is 1. The number of aryl methyl sites for hydroxylation is 2. The van der Waals surface area contributed by atoms with E-state index in [-0.39, 0.29) is 5.78 Å². The first-order chi connectivity index (χ1) is 9.99. The van der Waals surface area contributed by atoms with Gasteiger partial charge >= 0.3 is 0 Å². The molecule has 2 aromatic carbocycles. The van der Waals surface area contributed by atoms with Crippen molar-refractivity contribution in [3.63, 3.8) is 0 Å². The van der Waals surface area contributed by atoms with Crippen LogP contribution in [0, 0.1) is 13.8 Å². The molecule has 2 aromatic rings. The van der Waals surface area contributed by atoms with Gasteiger partial charge in [0.1, 0.15) is 11.5 Å². The maximum atomic E-state index is 12.4. The van der Waals surface area contributed by atoms with Gasteiger partial charge in [-0.2, -0.15) is 0 Å². The van der Waals surface area contributed by atoms with Crippen LogP contribution in [-0.4, -0.2) is 12.9 Å². The average molecular weight is 347 g/mol. The summed E-state index contributed by atoms with van der Waals surface area (Å²) in [5, 5.41) is 0. The first-order valence-corrected chi connectivity index (χ1v) is 7.69. The lowest BCUT2D eigenvalue weighted by Gasteiger charge is -2.10. The van der Waals surface area contributed by atoms with Crippen LogP contribution in [0.4, 0.5) is 0 Å². The van der Waals surface area contributed by atoms with Crippen LogP contribution >= 0.6 is 15.9 Å². The van der Waals surface area contributed by atoms with Gasteiger partial charge in [0, 0.05) is 22.9 Å². The smallest absolute Gasteiger partial charge is 0.141 e.